The molecule has 0 aliphatic carbocycles. The van der Waals surface area contributed by atoms with Crippen LogP contribution in [0.3, 0.4) is 0 Å². The molecule has 0 fully saturated rings. The summed E-state index contributed by atoms with van der Waals surface area (Å²) in [5.41, 5.74) is 0.998. The number of fused-ring (bicyclic) bond motifs is 2. The standard InChI is InChI=1S/C14H16N6S/c1-9-16-10-5-7-21-13(10)14(17-9)15-8-12-19-18-11-4-2-3-6-20(11)12/h5,7H,2-4,6,8H2,1H3,(H,15,16,17). The van der Waals surface area contributed by atoms with E-state index in [0.29, 0.717) is 6.54 Å². The van der Waals surface area contributed by atoms with Crippen LogP contribution < -0.4 is 5.32 Å². The highest BCUT2D eigenvalue weighted by Gasteiger charge is 2.16. The Bertz CT molecular complexity index is 790. The highest BCUT2D eigenvalue weighted by atomic mass is 32.1. The van der Waals surface area contributed by atoms with Gasteiger partial charge in [-0.05, 0) is 31.2 Å². The molecule has 3 aromatic rings. The molecule has 0 spiro atoms. The fourth-order valence-electron chi connectivity index (χ4n) is 2.76. The van der Waals surface area contributed by atoms with Crippen LogP contribution in [0.1, 0.15) is 30.3 Å². The first-order valence-corrected chi connectivity index (χ1v) is 8.06. The van der Waals surface area contributed by atoms with Crippen molar-refractivity contribution in [2.75, 3.05) is 5.32 Å². The van der Waals surface area contributed by atoms with Gasteiger partial charge in [-0.1, -0.05) is 0 Å². The van der Waals surface area contributed by atoms with Crippen molar-refractivity contribution in [1.82, 2.24) is 24.7 Å². The van der Waals surface area contributed by atoms with E-state index in [0.717, 1.165) is 46.5 Å². The van der Waals surface area contributed by atoms with Gasteiger partial charge in [0.1, 0.15) is 17.5 Å². The number of hydrogen-bond acceptors (Lipinski definition) is 6. The van der Waals surface area contributed by atoms with Crippen molar-refractivity contribution in [3.63, 3.8) is 0 Å². The molecule has 0 atom stereocenters. The number of aromatic nitrogens is 5. The number of nitrogens with one attached hydrogen (secondary N) is 1. The van der Waals surface area contributed by atoms with Crippen molar-refractivity contribution >= 4 is 27.4 Å². The maximum atomic E-state index is 4.52. The summed E-state index contributed by atoms with van der Waals surface area (Å²) < 4.78 is 3.33. The van der Waals surface area contributed by atoms with Gasteiger partial charge in [-0.15, -0.1) is 21.5 Å². The molecule has 7 heteroatoms. The molecule has 3 aromatic heterocycles. The monoisotopic (exact) mass is 300 g/mol. The Morgan fingerprint density at radius 3 is 3.19 bits per heavy atom. The van der Waals surface area contributed by atoms with Crippen molar-refractivity contribution in [2.45, 2.75) is 39.3 Å². The van der Waals surface area contributed by atoms with Crippen LogP contribution >= 0.6 is 11.3 Å². The van der Waals surface area contributed by atoms with E-state index in [1.165, 1.54) is 12.8 Å². The maximum Gasteiger partial charge on any atom is 0.152 e. The summed E-state index contributed by atoms with van der Waals surface area (Å²) in [5.74, 6) is 3.77. The summed E-state index contributed by atoms with van der Waals surface area (Å²) in [6.45, 7) is 3.59. The SMILES string of the molecule is Cc1nc(NCc2nnc3n2CCCC3)c2sccc2n1. The van der Waals surface area contributed by atoms with Crippen LogP contribution in [-0.4, -0.2) is 24.7 Å². The highest BCUT2D eigenvalue weighted by molar-refractivity contribution is 7.17. The number of rotatable bonds is 3. The van der Waals surface area contributed by atoms with E-state index in [9.17, 15) is 0 Å². The van der Waals surface area contributed by atoms with E-state index < -0.39 is 0 Å². The first-order chi connectivity index (χ1) is 10.3. The predicted molar refractivity (Wildman–Crippen MR) is 82.4 cm³/mol. The number of nitrogens with zero attached hydrogens (tertiary/aromatic N) is 5. The van der Waals surface area contributed by atoms with Crippen LogP contribution in [0.2, 0.25) is 0 Å². The molecule has 4 rings (SSSR count). The van der Waals surface area contributed by atoms with E-state index in [1.807, 2.05) is 18.4 Å². The van der Waals surface area contributed by atoms with Crippen molar-refractivity contribution in [3.8, 4) is 0 Å². The molecule has 0 unspecified atom stereocenters. The number of anilines is 1. The van der Waals surface area contributed by atoms with Gasteiger partial charge in [0.05, 0.1) is 16.8 Å². The van der Waals surface area contributed by atoms with E-state index in [-0.39, 0.29) is 0 Å². The summed E-state index contributed by atoms with van der Waals surface area (Å²) in [6.07, 6.45) is 3.46. The van der Waals surface area contributed by atoms with E-state index in [4.69, 9.17) is 0 Å². The second kappa shape index (κ2) is 5.07. The lowest BCUT2D eigenvalue weighted by atomic mass is 10.2. The van der Waals surface area contributed by atoms with Crippen LogP contribution in [0.15, 0.2) is 11.4 Å². The summed E-state index contributed by atoms with van der Waals surface area (Å²) in [6, 6.07) is 2.03. The molecule has 0 saturated heterocycles. The number of thiophene rings is 1. The molecule has 4 heterocycles. The minimum absolute atomic E-state index is 0.649. The quantitative estimate of drug-likeness (QED) is 0.805. The van der Waals surface area contributed by atoms with Crippen LogP contribution in [0.25, 0.3) is 10.2 Å². The fourth-order valence-corrected chi connectivity index (χ4v) is 3.56. The molecule has 0 bridgehead atoms. The average molecular weight is 300 g/mol. The molecule has 1 aliphatic rings. The Labute approximate surface area is 126 Å². The van der Waals surface area contributed by atoms with Crippen molar-refractivity contribution in [2.24, 2.45) is 0 Å². The summed E-state index contributed by atoms with van der Waals surface area (Å²) in [4.78, 5) is 8.95. The number of aryl methyl sites for hydroxylation is 2. The Morgan fingerprint density at radius 2 is 2.24 bits per heavy atom. The van der Waals surface area contributed by atoms with E-state index >= 15 is 0 Å². The molecule has 108 valence electrons. The third-order valence-electron chi connectivity index (χ3n) is 3.77. The first-order valence-electron chi connectivity index (χ1n) is 7.18. The molecule has 6 nitrogen and oxygen atoms in total. The lowest BCUT2D eigenvalue weighted by Crippen LogP contribution is -2.15. The minimum atomic E-state index is 0.649. The summed E-state index contributed by atoms with van der Waals surface area (Å²) in [7, 11) is 0. The van der Waals surface area contributed by atoms with Crippen molar-refractivity contribution in [3.05, 3.63) is 28.9 Å². The molecule has 0 aromatic carbocycles. The molecular formula is C14H16N6S. The first kappa shape index (κ1) is 12.7. The van der Waals surface area contributed by atoms with E-state index in [2.05, 4.69) is 30.0 Å². The Hall–Kier alpha value is -2.02. The van der Waals surface area contributed by atoms with Crippen LogP contribution in [-0.2, 0) is 19.5 Å². The van der Waals surface area contributed by atoms with Crippen LogP contribution in [0, 0.1) is 6.92 Å². The topological polar surface area (TPSA) is 68.5 Å². The van der Waals surface area contributed by atoms with Gasteiger partial charge in [-0.25, -0.2) is 9.97 Å². The lowest BCUT2D eigenvalue weighted by Gasteiger charge is -2.15. The predicted octanol–water partition coefficient (Wildman–Crippen LogP) is 2.54. The molecule has 0 saturated carbocycles. The third-order valence-corrected chi connectivity index (χ3v) is 4.68. The Morgan fingerprint density at radius 1 is 1.29 bits per heavy atom. The molecule has 1 aliphatic heterocycles. The van der Waals surface area contributed by atoms with Crippen LogP contribution in [0.5, 0.6) is 0 Å². The van der Waals surface area contributed by atoms with Gasteiger partial charge in [-0.3, -0.25) is 0 Å². The van der Waals surface area contributed by atoms with Crippen molar-refractivity contribution in [1.29, 1.82) is 0 Å². The highest BCUT2D eigenvalue weighted by Crippen LogP contribution is 2.26. The van der Waals surface area contributed by atoms with Gasteiger partial charge in [0, 0.05) is 13.0 Å². The van der Waals surface area contributed by atoms with Gasteiger partial charge in [0.15, 0.2) is 5.82 Å². The third kappa shape index (κ3) is 2.27. The zero-order valence-electron chi connectivity index (χ0n) is 11.8. The van der Waals surface area contributed by atoms with Gasteiger partial charge < -0.3 is 9.88 Å². The van der Waals surface area contributed by atoms with Gasteiger partial charge in [0.25, 0.3) is 0 Å². The summed E-state index contributed by atoms with van der Waals surface area (Å²) >= 11 is 1.66. The Kier molecular flexibility index (Phi) is 3.07. The largest absolute Gasteiger partial charge is 0.361 e. The van der Waals surface area contributed by atoms with Gasteiger partial charge >= 0.3 is 0 Å². The zero-order valence-corrected chi connectivity index (χ0v) is 12.7. The second-order valence-electron chi connectivity index (χ2n) is 5.25. The minimum Gasteiger partial charge on any atom is -0.361 e. The van der Waals surface area contributed by atoms with Crippen LogP contribution in [0.4, 0.5) is 5.82 Å². The van der Waals surface area contributed by atoms with Crippen molar-refractivity contribution < 1.29 is 0 Å². The Balaban J connectivity index is 1.61. The molecular weight excluding hydrogens is 284 g/mol. The smallest absolute Gasteiger partial charge is 0.152 e. The molecule has 1 N–H and O–H groups in total. The molecule has 21 heavy (non-hydrogen) atoms. The van der Waals surface area contributed by atoms with Gasteiger partial charge in [-0.2, -0.15) is 0 Å². The number of hydrogen-bond donors (Lipinski definition) is 1. The van der Waals surface area contributed by atoms with E-state index in [1.54, 1.807) is 11.3 Å². The summed E-state index contributed by atoms with van der Waals surface area (Å²) in [5, 5.41) is 14.0. The normalized spacial score (nSPS) is 14.3. The average Bonchev–Trinajstić information content (AvgIpc) is 3.11. The maximum absolute atomic E-state index is 4.52. The fraction of sp³-hybridized carbons (Fsp3) is 0.429. The van der Waals surface area contributed by atoms with Gasteiger partial charge in [0.2, 0.25) is 0 Å². The lowest BCUT2D eigenvalue weighted by molar-refractivity contribution is 0.509. The molecule has 0 amide bonds. The second-order valence-corrected chi connectivity index (χ2v) is 6.17. The molecule has 0 radical (unpaired) electrons. The zero-order chi connectivity index (χ0) is 14.2.